The van der Waals surface area contributed by atoms with Gasteiger partial charge in [-0.1, -0.05) is 89.5 Å². The molecule has 2 aliphatic carbocycles. The van der Waals surface area contributed by atoms with E-state index in [1.165, 1.54) is 77.0 Å². The van der Waals surface area contributed by atoms with Crippen LogP contribution in [0.5, 0.6) is 0 Å². The molecule has 2 heteroatoms. The molecule has 0 nitrogen and oxygen atoms in total. The molecule has 0 amide bonds. The Hall–Kier alpha value is -1.70. The summed E-state index contributed by atoms with van der Waals surface area (Å²) in [5.74, 6) is 2.02. The molecule has 0 aliphatic heterocycles. The van der Waals surface area contributed by atoms with Gasteiger partial charge in [0.05, 0.1) is 0 Å². The van der Waals surface area contributed by atoms with Gasteiger partial charge in [0.1, 0.15) is 11.6 Å². The first-order chi connectivity index (χ1) is 17.6. The summed E-state index contributed by atoms with van der Waals surface area (Å²) in [5, 5.41) is 0. The van der Waals surface area contributed by atoms with Crippen molar-refractivity contribution in [1.82, 2.24) is 0 Å². The van der Waals surface area contributed by atoms with Gasteiger partial charge in [0.2, 0.25) is 0 Å². The second-order valence-electron chi connectivity index (χ2n) is 11.9. The molecule has 2 aromatic carbocycles. The van der Waals surface area contributed by atoms with Gasteiger partial charge in [-0.3, -0.25) is 0 Å². The fourth-order valence-corrected chi connectivity index (χ4v) is 6.94. The molecule has 2 fully saturated rings. The zero-order chi connectivity index (χ0) is 25.3. The first-order valence-electron chi connectivity index (χ1n) is 15.2. The van der Waals surface area contributed by atoms with E-state index in [0.29, 0.717) is 23.0 Å². The number of benzene rings is 2. The third-order valence-corrected chi connectivity index (χ3v) is 9.34. The van der Waals surface area contributed by atoms with Crippen molar-refractivity contribution in [3.05, 3.63) is 59.2 Å². The Morgan fingerprint density at radius 2 is 0.944 bits per heavy atom. The fraction of sp³-hybridized carbons (Fsp3) is 0.647. The van der Waals surface area contributed by atoms with Crippen LogP contribution in [-0.4, -0.2) is 0 Å². The summed E-state index contributed by atoms with van der Waals surface area (Å²) in [5.41, 5.74) is 2.98. The van der Waals surface area contributed by atoms with Crippen molar-refractivity contribution >= 4 is 0 Å². The van der Waals surface area contributed by atoms with Gasteiger partial charge in [-0.2, -0.15) is 0 Å². The largest absolute Gasteiger partial charge is 0.206 e. The zero-order valence-electron chi connectivity index (χ0n) is 22.8. The number of halogens is 2. The number of hydrogen-bond donors (Lipinski definition) is 0. The van der Waals surface area contributed by atoms with E-state index in [1.54, 1.807) is 12.1 Å². The Kier molecular flexibility index (Phi) is 10.4. The van der Waals surface area contributed by atoms with E-state index in [0.717, 1.165) is 48.6 Å². The molecule has 0 N–H and O–H groups in total. The predicted molar refractivity (Wildman–Crippen MR) is 149 cm³/mol. The summed E-state index contributed by atoms with van der Waals surface area (Å²) in [6.45, 7) is 4.52. The van der Waals surface area contributed by atoms with Crippen LogP contribution in [-0.2, 0) is 0 Å². The second kappa shape index (κ2) is 13.7. The van der Waals surface area contributed by atoms with Gasteiger partial charge in [0.15, 0.2) is 0 Å². The lowest BCUT2D eigenvalue weighted by molar-refractivity contribution is 0.302. The maximum absolute atomic E-state index is 15.2. The average molecular weight is 495 g/mol. The van der Waals surface area contributed by atoms with Gasteiger partial charge in [-0.05, 0) is 98.3 Å². The third kappa shape index (κ3) is 7.20. The molecule has 0 saturated heterocycles. The number of unbranched alkanes of at least 4 members (excludes halogenated alkanes) is 4. The molecule has 198 valence electrons. The van der Waals surface area contributed by atoms with Crippen LogP contribution in [0, 0.1) is 23.5 Å². The van der Waals surface area contributed by atoms with Gasteiger partial charge >= 0.3 is 0 Å². The Labute approximate surface area is 219 Å². The standard InChI is InChI=1S/C34H48F2/c1-3-5-7-9-25-11-15-27(16-12-25)29-19-21-31(33(35)23-29)32-22-20-30(24-34(32)36)28-17-13-26(14-18-28)10-8-6-4-2/h19-28H,3-18H2,1-2H3. The van der Waals surface area contributed by atoms with Gasteiger partial charge in [0.25, 0.3) is 0 Å². The number of hydrogen-bond acceptors (Lipinski definition) is 0. The van der Waals surface area contributed by atoms with Crippen LogP contribution in [0.2, 0.25) is 0 Å². The highest BCUT2D eigenvalue weighted by Crippen LogP contribution is 2.41. The van der Waals surface area contributed by atoms with E-state index < -0.39 is 0 Å². The first kappa shape index (κ1) is 27.3. The van der Waals surface area contributed by atoms with E-state index in [-0.39, 0.29) is 11.6 Å². The Balaban J connectivity index is 1.34. The molecule has 0 heterocycles. The SMILES string of the molecule is CCCCCC1CCC(c2ccc(-c3ccc(C4CCC(CCCCC)CC4)cc3F)c(F)c2)CC1. The van der Waals surface area contributed by atoms with Crippen molar-refractivity contribution in [2.45, 2.75) is 128 Å². The van der Waals surface area contributed by atoms with Crippen molar-refractivity contribution in [2.24, 2.45) is 11.8 Å². The molecule has 0 radical (unpaired) electrons. The maximum Gasteiger partial charge on any atom is 0.131 e. The third-order valence-electron chi connectivity index (χ3n) is 9.34. The van der Waals surface area contributed by atoms with Crippen LogP contribution in [0.1, 0.15) is 140 Å². The first-order valence-corrected chi connectivity index (χ1v) is 15.2. The summed E-state index contributed by atoms with van der Waals surface area (Å²) in [6.07, 6.45) is 20.3. The van der Waals surface area contributed by atoms with Crippen LogP contribution in [0.4, 0.5) is 8.78 Å². The predicted octanol–water partition coefficient (Wildman–Crippen LogP) is 11.3. The molecule has 0 atom stereocenters. The molecule has 2 saturated carbocycles. The molecule has 0 spiro atoms. The molecular weight excluding hydrogens is 446 g/mol. The van der Waals surface area contributed by atoms with Crippen molar-refractivity contribution in [3.63, 3.8) is 0 Å². The minimum absolute atomic E-state index is 0.281. The Bertz CT molecular complexity index is 855. The van der Waals surface area contributed by atoms with E-state index in [4.69, 9.17) is 0 Å². The van der Waals surface area contributed by atoms with E-state index >= 15 is 8.78 Å². The average Bonchev–Trinajstić information content (AvgIpc) is 2.90. The zero-order valence-corrected chi connectivity index (χ0v) is 22.8. The van der Waals surface area contributed by atoms with E-state index in [9.17, 15) is 0 Å². The monoisotopic (exact) mass is 494 g/mol. The summed E-state index contributed by atoms with van der Waals surface area (Å²) in [7, 11) is 0. The molecule has 0 aromatic heterocycles. The summed E-state index contributed by atoms with van der Waals surface area (Å²) >= 11 is 0. The van der Waals surface area contributed by atoms with Crippen LogP contribution < -0.4 is 0 Å². The molecule has 0 bridgehead atoms. The topological polar surface area (TPSA) is 0 Å². The maximum atomic E-state index is 15.2. The lowest BCUT2D eigenvalue weighted by atomic mass is 9.76. The van der Waals surface area contributed by atoms with E-state index in [2.05, 4.69) is 13.8 Å². The lowest BCUT2D eigenvalue weighted by Gasteiger charge is -2.29. The normalized spacial score (nSPS) is 24.7. The fourth-order valence-electron chi connectivity index (χ4n) is 6.94. The van der Waals surface area contributed by atoms with Crippen LogP contribution in [0.25, 0.3) is 11.1 Å². The second-order valence-corrected chi connectivity index (χ2v) is 11.9. The van der Waals surface area contributed by atoms with Gasteiger partial charge in [0, 0.05) is 11.1 Å². The molecule has 2 aromatic rings. The molecule has 0 unspecified atom stereocenters. The van der Waals surface area contributed by atoms with Gasteiger partial charge in [-0.15, -0.1) is 0 Å². The van der Waals surface area contributed by atoms with Crippen molar-refractivity contribution in [1.29, 1.82) is 0 Å². The smallest absolute Gasteiger partial charge is 0.131 e. The van der Waals surface area contributed by atoms with Crippen LogP contribution in [0.15, 0.2) is 36.4 Å². The summed E-state index contributed by atoms with van der Waals surface area (Å²) in [4.78, 5) is 0. The van der Waals surface area contributed by atoms with E-state index in [1.807, 2.05) is 24.3 Å². The molecule has 2 aliphatic rings. The molecular formula is C34H48F2. The van der Waals surface area contributed by atoms with Crippen molar-refractivity contribution in [2.75, 3.05) is 0 Å². The summed E-state index contributed by atoms with van der Waals surface area (Å²) < 4.78 is 30.4. The highest BCUT2D eigenvalue weighted by atomic mass is 19.1. The molecule has 4 rings (SSSR count). The highest BCUT2D eigenvalue weighted by molar-refractivity contribution is 5.66. The Morgan fingerprint density at radius 1 is 0.556 bits per heavy atom. The lowest BCUT2D eigenvalue weighted by Crippen LogP contribution is -2.14. The minimum atomic E-state index is -0.281. The quantitative estimate of drug-likeness (QED) is 0.272. The van der Waals surface area contributed by atoms with Crippen LogP contribution >= 0.6 is 0 Å². The summed E-state index contributed by atoms with van der Waals surface area (Å²) in [6, 6.07) is 11.1. The Morgan fingerprint density at radius 3 is 1.28 bits per heavy atom. The highest BCUT2D eigenvalue weighted by Gasteiger charge is 2.25. The van der Waals surface area contributed by atoms with Crippen LogP contribution in [0.3, 0.4) is 0 Å². The van der Waals surface area contributed by atoms with Gasteiger partial charge < -0.3 is 0 Å². The van der Waals surface area contributed by atoms with Gasteiger partial charge in [-0.25, -0.2) is 8.78 Å². The minimum Gasteiger partial charge on any atom is -0.206 e. The van der Waals surface area contributed by atoms with Crippen molar-refractivity contribution in [3.8, 4) is 11.1 Å². The molecule has 36 heavy (non-hydrogen) atoms. The van der Waals surface area contributed by atoms with Crippen molar-refractivity contribution < 1.29 is 8.78 Å². The number of rotatable bonds is 11.